The molecule has 1 atom stereocenters. The predicted molar refractivity (Wildman–Crippen MR) is 90.9 cm³/mol. The number of hydrogen-bond acceptors (Lipinski definition) is 3. The Hall–Kier alpha value is -2.50. The van der Waals surface area contributed by atoms with Crippen molar-refractivity contribution in [3.05, 3.63) is 63.1 Å². The minimum atomic E-state index is -0.405. The number of benzene rings is 1. The molecule has 5 nitrogen and oxygen atoms in total. The third kappa shape index (κ3) is 3.48. The minimum absolute atomic E-state index is 0.0852. The molecule has 2 aromatic rings. The molecule has 4 rings (SSSR count). The zero-order valence-electron chi connectivity index (χ0n) is 14.0. The first-order chi connectivity index (χ1) is 12.0. The number of aromatic amines is 1. The number of carbonyl (C=O) groups excluding carboxylic acids is 1. The van der Waals surface area contributed by atoms with Gasteiger partial charge in [0.1, 0.15) is 17.3 Å². The van der Waals surface area contributed by atoms with Crippen LogP contribution < -0.4 is 10.9 Å². The van der Waals surface area contributed by atoms with Gasteiger partial charge in [0, 0.05) is 6.07 Å². The molecule has 0 aliphatic heterocycles. The van der Waals surface area contributed by atoms with Crippen molar-refractivity contribution in [2.75, 3.05) is 0 Å². The van der Waals surface area contributed by atoms with Gasteiger partial charge < -0.3 is 10.3 Å². The second-order valence-corrected chi connectivity index (χ2v) is 7.06. The first kappa shape index (κ1) is 16.0. The molecule has 25 heavy (non-hydrogen) atoms. The third-order valence-electron chi connectivity index (χ3n) is 4.87. The Kier molecular flexibility index (Phi) is 3.90. The largest absolute Gasteiger partial charge is 0.344 e. The summed E-state index contributed by atoms with van der Waals surface area (Å²) in [7, 11) is 0. The molecular formula is C19H20FN3O2. The Labute approximate surface area is 144 Å². The Morgan fingerprint density at radius 1 is 1.28 bits per heavy atom. The molecule has 0 radical (unpaired) electrons. The van der Waals surface area contributed by atoms with Gasteiger partial charge in [0.15, 0.2) is 0 Å². The van der Waals surface area contributed by atoms with Gasteiger partial charge in [-0.25, -0.2) is 9.37 Å². The topological polar surface area (TPSA) is 74.8 Å². The monoisotopic (exact) mass is 341 g/mol. The van der Waals surface area contributed by atoms with Crippen molar-refractivity contribution in [1.82, 2.24) is 15.3 Å². The highest BCUT2D eigenvalue weighted by Crippen LogP contribution is 2.44. The maximum Gasteiger partial charge on any atom is 0.270 e. The molecule has 2 saturated carbocycles. The first-order valence-corrected chi connectivity index (χ1v) is 8.69. The van der Waals surface area contributed by atoms with Crippen LogP contribution >= 0.6 is 0 Å². The van der Waals surface area contributed by atoms with Crippen LogP contribution in [0, 0.1) is 18.7 Å². The highest BCUT2D eigenvalue weighted by molar-refractivity contribution is 5.92. The normalized spacial score (nSPS) is 18.0. The van der Waals surface area contributed by atoms with Crippen molar-refractivity contribution in [2.45, 2.75) is 44.6 Å². The van der Waals surface area contributed by atoms with Crippen molar-refractivity contribution in [2.24, 2.45) is 5.92 Å². The lowest BCUT2D eigenvalue weighted by Crippen LogP contribution is -2.31. The fraction of sp³-hybridized carbons (Fsp3) is 0.421. The summed E-state index contributed by atoms with van der Waals surface area (Å²) >= 11 is 0. The Balaban J connectivity index is 1.58. The highest BCUT2D eigenvalue weighted by Gasteiger charge is 2.35. The van der Waals surface area contributed by atoms with Crippen LogP contribution in [-0.2, 0) is 0 Å². The van der Waals surface area contributed by atoms with E-state index in [0.717, 1.165) is 36.8 Å². The van der Waals surface area contributed by atoms with Gasteiger partial charge in [-0.1, -0.05) is 12.1 Å². The van der Waals surface area contributed by atoms with Crippen LogP contribution in [0.1, 0.15) is 65.1 Å². The molecule has 2 N–H and O–H groups in total. The molecule has 0 spiro atoms. The fourth-order valence-electron chi connectivity index (χ4n) is 3.28. The van der Waals surface area contributed by atoms with E-state index in [1.807, 2.05) is 12.1 Å². The van der Waals surface area contributed by atoms with Crippen molar-refractivity contribution in [3.8, 4) is 0 Å². The van der Waals surface area contributed by atoms with Gasteiger partial charge in [-0.3, -0.25) is 9.59 Å². The van der Waals surface area contributed by atoms with Crippen LogP contribution in [0.15, 0.2) is 29.1 Å². The number of aryl methyl sites for hydroxylation is 1. The van der Waals surface area contributed by atoms with Crippen LogP contribution in [0.2, 0.25) is 0 Å². The molecule has 130 valence electrons. The van der Waals surface area contributed by atoms with Gasteiger partial charge in [-0.15, -0.1) is 0 Å². The van der Waals surface area contributed by atoms with E-state index in [1.54, 1.807) is 13.0 Å². The van der Waals surface area contributed by atoms with Gasteiger partial charge in [0.25, 0.3) is 11.5 Å². The predicted octanol–water partition coefficient (Wildman–Crippen LogP) is 2.98. The lowest BCUT2D eigenvalue weighted by atomic mass is 9.99. The van der Waals surface area contributed by atoms with E-state index in [0.29, 0.717) is 17.7 Å². The molecule has 2 fully saturated rings. The van der Waals surface area contributed by atoms with Crippen LogP contribution in [0.4, 0.5) is 4.39 Å². The number of amides is 1. The molecule has 1 amide bonds. The maximum absolute atomic E-state index is 14.4. The third-order valence-corrected chi connectivity index (χ3v) is 4.87. The number of carbonyl (C=O) groups is 1. The van der Waals surface area contributed by atoms with E-state index in [9.17, 15) is 14.0 Å². The van der Waals surface area contributed by atoms with E-state index in [4.69, 9.17) is 0 Å². The Morgan fingerprint density at radius 3 is 2.64 bits per heavy atom. The summed E-state index contributed by atoms with van der Waals surface area (Å²) in [4.78, 5) is 30.7. The van der Waals surface area contributed by atoms with Crippen molar-refractivity contribution >= 4 is 5.91 Å². The van der Waals surface area contributed by atoms with E-state index < -0.39 is 5.91 Å². The van der Waals surface area contributed by atoms with Crippen LogP contribution in [0.5, 0.6) is 0 Å². The molecular weight excluding hydrogens is 321 g/mol. The molecule has 0 saturated heterocycles. The van der Waals surface area contributed by atoms with Crippen molar-refractivity contribution in [1.29, 1.82) is 0 Å². The molecule has 1 aromatic heterocycles. The van der Waals surface area contributed by atoms with Crippen LogP contribution in [0.25, 0.3) is 0 Å². The van der Waals surface area contributed by atoms with E-state index >= 15 is 0 Å². The summed E-state index contributed by atoms with van der Waals surface area (Å²) in [5.41, 5.74) is 1.28. The van der Waals surface area contributed by atoms with Crippen molar-refractivity contribution < 1.29 is 9.18 Å². The van der Waals surface area contributed by atoms with Gasteiger partial charge in [-0.2, -0.15) is 0 Å². The molecule has 2 aliphatic rings. The molecule has 1 unspecified atom stereocenters. The lowest BCUT2D eigenvalue weighted by Gasteiger charge is -2.19. The number of hydrogen-bond donors (Lipinski definition) is 2. The zero-order chi connectivity index (χ0) is 17.6. The quantitative estimate of drug-likeness (QED) is 0.878. The summed E-state index contributed by atoms with van der Waals surface area (Å²) < 4.78 is 14.4. The SMILES string of the molecule is Cc1nc(C(=O)NC(c2ccc(C3CC3)c(F)c2)C2CC2)cc(=O)[nH]1. The number of rotatable bonds is 5. The van der Waals surface area contributed by atoms with Gasteiger partial charge in [0.2, 0.25) is 0 Å². The van der Waals surface area contributed by atoms with Gasteiger partial charge in [0.05, 0.1) is 6.04 Å². The molecule has 1 heterocycles. The highest BCUT2D eigenvalue weighted by atomic mass is 19.1. The summed E-state index contributed by atoms with van der Waals surface area (Å²) in [5, 5.41) is 2.94. The molecule has 6 heteroatoms. The van der Waals surface area contributed by atoms with Gasteiger partial charge >= 0.3 is 0 Å². The number of halogens is 1. The number of nitrogens with zero attached hydrogens (tertiary/aromatic N) is 1. The molecule has 1 aromatic carbocycles. The summed E-state index contributed by atoms with van der Waals surface area (Å²) in [6, 6.07) is 6.24. The number of nitrogens with one attached hydrogen (secondary N) is 2. The average Bonchev–Trinajstić information content (AvgIpc) is 3.45. The Morgan fingerprint density at radius 2 is 2.04 bits per heavy atom. The van der Waals surface area contributed by atoms with E-state index in [-0.39, 0.29) is 23.1 Å². The van der Waals surface area contributed by atoms with Crippen molar-refractivity contribution in [3.63, 3.8) is 0 Å². The van der Waals surface area contributed by atoms with Gasteiger partial charge in [-0.05, 0) is 61.6 Å². The lowest BCUT2D eigenvalue weighted by molar-refractivity contribution is 0.0926. The number of H-pyrrole nitrogens is 1. The second kappa shape index (κ2) is 6.10. The standard InChI is InChI=1S/C19H20FN3O2/c1-10-21-16(9-17(24)22-10)19(25)23-18(12-4-5-12)13-6-7-14(11-2-3-11)15(20)8-13/h6-9,11-12,18H,2-5H2,1H3,(H,23,25)(H,21,22,24). The fourth-order valence-corrected chi connectivity index (χ4v) is 3.28. The summed E-state index contributed by atoms with van der Waals surface area (Å²) in [6.45, 7) is 1.63. The molecule has 2 aliphatic carbocycles. The van der Waals surface area contributed by atoms with Crippen LogP contribution in [0.3, 0.4) is 0 Å². The second-order valence-electron chi connectivity index (χ2n) is 7.06. The Bertz CT molecular complexity index is 884. The summed E-state index contributed by atoms with van der Waals surface area (Å²) in [6.07, 6.45) is 4.09. The molecule has 0 bridgehead atoms. The average molecular weight is 341 g/mol. The first-order valence-electron chi connectivity index (χ1n) is 8.69. The minimum Gasteiger partial charge on any atom is -0.344 e. The summed E-state index contributed by atoms with van der Waals surface area (Å²) in [5.74, 6) is 0.452. The number of aromatic nitrogens is 2. The van der Waals surface area contributed by atoms with E-state index in [1.165, 1.54) is 6.07 Å². The van der Waals surface area contributed by atoms with E-state index in [2.05, 4.69) is 15.3 Å². The van der Waals surface area contributed by atoms with Crippen LogP contribution in [-0.4, -0.2) is 15.9 Å². The zero-order valence-corrected chi connectivity index (χ0v) is 14.0. The maximum atomic E-state index is 14.4. The smallest absolute Gasteiger partial charge is 0.270 e.